The Kier molecular flexibility index (Phi) is 3.37. The SMILES string of the molecule is CCc1cc(-n2c(N)c3c(cc2=O)C(=O)NC3=O)ccc1Br. The molecule has 0 spiro atoms. The smallest absolute Gasteiger partial charge is 0.262 e. The number of halogens is 1. The van der Waals surface area contributed by atoms with Crippen molar-refractivity contribution in [3.05, 3.63) is 55.8 Å². The number of hydrogen-bond acceptors (Lipinski definition) is 4. The van der Waals surface area contributed by atoms with E-state index in [1.807, 2.05) is 19.1 Å². The second kappa shape index (κ2) is 5.10. The quantitative estimate of drug-likeness (QED) is 0.794. The first-order valence-corrected chi connectivity index (χ1v) is 7.43. The Morgan fingerprint density at radius 2 is 1.91 bits per heavy atom. The fourth-order valence-electron chi connectivity index (χ4n) is 2.52. The van der Waals surface area contributed by atoms with Gasteiger partial charge in [-0.2, -0.15) is 0 Å². The number of nitrogens with two attached hydrogens (primary N) is 1. The van der Waals surface area contributed by atoms with Crippen molar-refractivity contribution in [3.63, 3.8) is 0 Å². The van der Waals surface area contributed by atoms with Gasteiger partial charge in [0.05, 0.1) is 16.8 Å². The third-order valence-electron chi connectivity index (χ3n) is 3.62. The summed E-state index contributed by atoms with van der Waals surface area (Å²) in [6.07, 6.45) is 0.771. The molecule has 0 aliphatic carbocycles. The van der Waals surface area contributed by atoms with Crippen molar-refractivity contribution >= 4 is 33.6 Å². The van der Waals surface area contributed by atoms with E-state index in [-0.39, 0.29) is 16.9 Å². The van der Waals surface area contributed by atoms with Gasteiger partial charge in [0.1, 0.15) is 5.82 Å². The first kappa shape index (κ1) is 14.5. The third-order valence-corrected chi connectivity index (χ3v) is 4.40. The van der Waals surface area contributed by atoms with Gasteiger partial charge in [-0.1, -0.05) is 22.9 Å². The second-order valence-electron chi connectivity index (χ2n) is 4.90. The maximum absolute atomic E-state index is 12.3. The molecule has 22 heavy (non-hydrogen) atoms. The fourth-order valence-corrected chi connectivity index (χ4v) is 3.04. The van der Waals surface area contributed by atoms with Gasteiger partial charge in [0, 0.05) is 10.5 Å². The number of carbonyl (C=O) groups excluding carboxylic acids is 2. The van der Waals surface area contributed by atoms with Gasteiger partial charge < -0.3 is 5.73 Å². The van der Waals surface area contributed by atoms with Crippen molar-refractivity contribution in [2.75, 3.05) is 5.73 Å². The van der Waals surface area contributed by atoms with Gasteiger partial charge >= 0.3 is 0 Å². The molecule has 0 saturated heterocycles. The summed E-state index contributed by atoms with van der Waals surface area (Å²) in [4.78, 5) is 35.8. The van der Waals surface area contributed by atoms with Crippen LogP contribution in [0.5, 0.6) is 0 Å². The minimum absolute atomic E-state index is 0.0246. The highest BCUT2D eigenvalue weighted by atomic mass is 79.9. The number of imide groups is 1. The number of amides is 2. The van der Waals surface area contributed by atoms with Gasteiger partial charge in [0.15, 0.2) is 0 Å². The molecular formula is C15H12BrN3O3. The van der Waals surface area contributed by atoms with Gasteiger partial charge in [0.25, 0.3) is 17.4 Å². The number of benzene rings is 1. The molecule has 1 aromatic heterocycles. The van der Waals surface area contributed by atoms with Crippen molar-refractivity contribution in [2.24, 2.45) is 0 Å². The van der Waals surface area contributed by atoms with Crippen LogP contribution >= 0.6 is 15.9 Å². The highest BCUT2D eigenvalue weighted by molar-refractivity contribution is 9.10. The van der Waals surface area contributed by atoms with Crippen molar-refractivity contribution in [1.29, 1.82) is 0 Å². The summed E-state index contributed by atoms with van der Waals surface area (Å²) in [5.74, 6) is -1.21. The molecule has 0 unspecified atom stereocenters. The topological polar surface area (TPSA) is 94.2 Å². The third kappa shape index (κ3) is 2.05. The van der Waals surface area contributed by atoms with E-state index in [0.717, 1.165) is 22.5 Å². The molecule has 0 saturated carbocycles. The maximum Gasteiger partial charge on any atom is 0.262 e. The van der Waals surface area contributed by atoms with Crippen LogP contribution in [0.15, 0.2) is 33.5 Å². The lowest BCUT2D eigenvalue weighted by Crippen LogP contribution is -2.24. The zero-order chi connectivity index (χ0) is 16.0. The Labute approximate surface area is 134 Å². The average Bonchev–Trinajstić information content (AvgIpc) is 2.75. The summed E-state index contributed by atoms with van der Waals surface area (Å²) in [5.41, 5.74) is 7.16. The molecule has 2 heterocycles. The minimum atomic E-state index is -0.596. The number of carbonyl (C=O) groups is 2. The average molecular weight is 362 g/mol. The molecule has 0 radical (unpaired) electrons. The van der Waals surface area contributed by atoms with Crippen molar-refractivity contribution < 1.29 is 9.59 Å². The zero-order valence-corrected chi connectivity index (χ0v) is 13.2. The van der Waals surface area contributed by atoms with E-state index >= 15 is 0 Å². The molecule has 3 rings (SSSR count). The molecule has 0 bridgehead atoms. The Bertz CT molecular complexity index is 886. The molecule has 0 fully saturated rings. The lowest BCUT2D eigenvalue weighted by Gasteiger charge is -2.13. The molecule has 7 heteroatoms. The van der Waals surface area contributed by atoms with Gasteiger partial charge in [0.2, 0.25) is 0 Å². The lowest BCUT2D eigenvalue weighted by atomic mass is 10.1. The minimum Gasteiger partial charge on any atom is -0.384 e. The van der Waals surface area contributed by atoms with Crippen LogP contribution in [0.2, 0.25) is 0 Å². The first-order valence-electron chi connectivity index (χ1n) is 6.64. The van der Waals surface area contributed by atoms with Crippen LogP contribution in [0, 0.1) is 0 Å². The van der Waals surface area contributed by atoms with E-state index in [1.54, 1.807) is 6.07 Å². The van der Waals surface area contributed by atoms with E-state index < -0.39 is 17.4 Å². The molecule has 112 valence electrons. The number of aromatic nitrogens is 1. The number of nitrogen functional groups attached to an aromatic ring is 1. The van der Waals surface area contributed by atoms with E-state index in [4.69, 9.17) is 5.73 Å². The Morgan fingerprint density at radius 1 is 1.18 bits per heavy atom. The van der Waals surface area contributed by atoms with E-state index in [1.165, 1.54) is 4.57 Å². The summed E-state index contributed by atoms with van der Waals surface area (Å²) in [5, 5.41) is 2.14. The second-order valence-corrected chi connectivity index (χ2v) is 5.76. The standard InChI is InChI=1S/C15H12BrN3O3/c1-2-7-5-8(3-4-10(7)16)19-11(20)6-9-12(13(19)17)15(22)18-14(9)21/h3-6H,2,17H2,1H3,(H,18,21,22). The molecule has 3 N–H and O–H groups in total. The summed E-state index contributed by atoms with van der Waals surface area (Å²) in [6, 6.07) is 6.50. The summed E-state index contributed by atoms with van der Waals surface area (Å²) < 4.78 is 2.17. The van der Waals surface area contributed by atoms with Gasteiger partial charge in [-0.3, -0.25) is 24.3 Å². The van der Waals surface area contributed by atoms with Crippen molar-refractivity contribution in [1.82, 2.24) is 9.88 Å². The molecule has 1 aliphatic heterocycles. The molecule has 1 aromatic carbocycles. The Morgan fingerprint density at radius 3 is 2.59 bits per heavy atom. The molecule has 1 aliphatic rings. The molecular weight excluding hydrogens is 350 g/mol. The number of rotatable bonds is 2. The summed E-state index contributed by atoms with van der Waals surface area (Å²) in [6.45, 7) is 1.99. The maximum atomic E-state index is 12.3. The van der Waals surface area contributed by atoms with E-state index in [0.29, 0.717) is 5.69 Å². The fraction of sp³-hybridized carbons (Fsp3) is 0.133. The largest absolute Gasteiger partial charge is 0.384 e. The van der Waals surface area contributed by atoms with Crippen LogP contribution in [0.4, 0.5) is 5.82 Å². The predicted octanol–water partition coefficient (Wildman–Crippen LogP) is 1.63. The highest BCUT2D eigenvalue weighted by Crippen LogP contribution is 2.25. The molecule has 6 nitrogen and oxygen atoms in total. The summed E-state index contributed by atoms with van der Waals surface area (Å²) >= 11 is 3.44. The zero-order valence-electron chi connectivity index (χ0n) is 11.6. The Balaban J connectivity index is 2.30. The van der Waals surface area contributed by atoms with Crippen LogP contribution in [0.3, 0.4) is 0 Å². The summed E-state index contributed by atoms with van der Waals surface area (Å²) in [7, 11) is 0. The van der Waals surface area contributed by atoms with Gasteiger partial charge in [-0.05, 0) is 30.2 Å². The van der Waals surface area contributed by atoms with Crippen molar-refractivity contribution in [3.8, 4) is 5.69 Å². The van der Waals surface area contributed by atoms with Gasteiger partial charge in [-0.15, -0.1) is 0 Å². The predicted molar refractivity (Wildman–Crippen MR) is 85.3 cm³/mol. The van der Waals surface area contributed by atoms with Crippen LogP contribution in [0.25, 0.3) is 5.69 Å². The number of hydrogen-bond donors (Lipinski definition) is 2. The van der Waals surface area contributed by atoms with Crippen molar-refractivity contribution in [2.45, 2.75) is 13.3 Å². The number of nitrogens with one attached hydrogen (secondary N) is 1. The molecule has 0 atom stereocenters. The number of pyridine rings is 1. The molecule has 2 amide bonds. The number of anilines is 1. The van der Waals surface area contributed by atoms with E-state index in [9.17, 15) is 14.4 Å². The number of aryl methyl sites for hydroxylation is 1. The number of nitrogens with zero attached hydrogens (tertiary/aromatic N) is 1. The van der Waals surface area contributed by atoms with E-state index in [2.05, 4.69) is 21.2 Å². The van der Waals surface area contributed by atoms with Crippen LogP contribution in [-0.2, 0) is 6.42 Å². The normalized spacial score (nSPS) is 13.2. The first-order chi connectivity index (χ1) is 10.4. The number of fused-ring (bicyclic) bond motifs is 1. The van der Waals surface area contributed by atoms with Crippen LogP contribution in [0.1, 0.15) is 33.2 Å². The van der Waals surface area contributed by atoms with Gasteiger partial charge in [-0.25, -0.2) is 0 Å². The molecule has 2 aromatic rings. The lowest BCUT2D eigenvalue weighted by molar-refractivity contribution is 0.0880. The van der Waals surface area contributed by atoms with Crippen LogP contribution < -0.4 is 16.6 Å². The monoisotopic (exact) mass is 361 g/mol. The van der Waals surface area contributed by atoms with Crippen LogP contribution in [-0.4, -0.2) is 16.4 Å². The Hall–Kier alpha value is -2.41. The highest BCUT2D eigenvalue weighted by Gasteiger charge is 2.31.